The number of benzene rings is 1. The van der Waals surface area contributed by atoms with Crippen LogP contribution in [0.5, 0.6) is 0 Å². The zero-order valence-electron chi connectivity index (χ0n) is 13.9. The van der Waals surface area contributed by atoms with E-state index in [2.05, 4.69) is 20.0 Å². The molecule has 138 valence electrons. The molecule has 1 aromatic carbocycles. The first-order chi connectivity index (χ1) is 12.8. The third-order valence-electron chi connectivity index (χ3n) is 3.56. The molecule has 0 spiro atoms. The van der Waals surface area contributed by atoms with Gasteiger partial charge in [0.1, 0.15) is 16.6 Å². The summed E-state index contributed by atoms with van der Waals surface area (Å²) in [6.45, 7) is 1.68. The van der Waals surface area contributed by atoms with E-state index in [1.165, 1.54) is 24.4 Å². The Kier molecular flexibility index (Phi) is 5.33. The normalized spacial score (nSPS) is 10.5. The van der Waals surface area contributed by atoms with Gasteiger partial charge in [-0.05, 0) is 48.8 Å². The summed E-state index contributed by atoms with van der Waals surface area (Å²) >= 11 is 6.72. The molecule has 0 radical (unpaired) electrons. The summed E-state index contributed by atoms with van der Waals surface area (Å²) in [6, 6.07) is 7.06. The van der Waals surface area contributed by atoms with Gasteiger partial charge in [-0.25, -0.2) is 9.37 Å². The number of primary amides is 1. The van der Waals surface area contributed by atoms with E-state index in [0.29, 0.717) is 22.1 Å². The number of rotatable bonds is 5. The Balaban J connectivity index is 1.82. The van der Waals surface area contributed by atoms with E-state index in [9.17, 15) is 14.0 Å². The van der Waals surface area contributed by atoms with Crippen molar-refractivity contribution in [2.75, 3.05) is 10.6 Å². The van der Waals surface area contributed by atoms with Crippen molar-refractivity contribution in [2.45, 2.75) is 6.92 Å². The molecule has 0 fully saturated rings. The largest absolute Gasteiger partial charge is 0.366 e. The number of carbonyl (C=O) groups excluding carboxylic acids is 2. The van der Waals surface area contributed by atoms with Crippen LogP contribution in [0.1, 0.15) is 26.4 Å². The highest BCUT2D eigenvalue weighted by atomic mass is 35.5. The molecule has 0 aliphatic carbocycles. The summed E-state index contributed by atoms with van der Waals surface area (Å²) in [4.78, 5) is 27.8. The Morgan fingerprint density at radius 1 is 1.26 bits per heavy atom. The van der Waals surface area contributed by atoms with E-state index in [1.807, 2.05) is 0 Å². The van der Waals surface area contributed by atoms with Gasteiger partial charge in [-0.15, -0.1) is 0 Å². The molecule has 4 N–H and O–H groups in total. The Bertz CT molecular complexity index is 1020. The van der Waals surface area contributed by atoms with Crippen LogP contribution in [-0.2, 0) is 0 Å². The standard InChI is InChI=1S/C17H13ClFN5O2S/c1-8-14(16(26)22-10-3-4-11(18)12(19)6-10)17(27-24-8)23-13-5-2-9(7-21-13)15(20)25/h2-7H,1H3,(H2,20,25)(H,21,23)(H,22,26). The van der Waals surface area contributed by atoms with Gasteiger partial charge in [0.2, 0.25) is 5.91 Å². The molecular formula is C17H13ClFN5O2S. The van der Waals surface area contributed by atoms with Crippen molar-refractivity contribution in [1.82, 2.24) is 9.36 Å². The molecule has 0 unspecified atom stereocenters. The minimum atomic E-state index is -0.633. The van der Waals surface area contributed by atoms with Crippen LogP contribution in [0.25, 0.3) is 0 Å². The van der Waals surface area contributed by atoms with Crippen LogP contribution in [0.4, 0.5) is 20.9 Å². The fourth-order valence-electron chi connectivity index (χ4n) is 2.22. The van der Waals surface area contributed by atoms with Gasteiger partial charge < -0.3 is 16.4 Å². The van der Waals surface area contributed by atoms with Gasteiger partial charge in [-0.2, -0.15) is 4.37 Å². The number of amides is 2. The quantitative estimate of drug-likeness (QED) is 0.599. The van der Waals surface area contributed by atoms with E-state index < -0.39 is 17.6 Å². The maximum atomic E-state index is 13.6. The molecule has 2 amide bonds. The van der Waals surface area contributed by atoms with Crippen molar-refractivity contribution in [3.8, 4) is 0 Å². The number of nitrogens with one attached hydrogen (secondary N) is 2. The smallest absolute Gasteiger partial charge is 0.260 e. The highest BCUT2D eigenvalue weighted by molar-refractivity contribution is 7.10. The second kappa shape index (κ2) is 7.68. The van der Waals surface area contributed by atoms with Crippen LogP contribution in [0, 0.1) is 12.7 Å². The second-order valence-corrected chi connectivity index (χ2v) is 6.66. The Morgan fingerprint density at radius 2 is 2.04 bits per heavy atom. The molecule has 2 aromatic heterocycles. The highest BCUT2D eigenvalue weighted by Gasteiger charge is 2.19. The predicted molar refractivity (Wildman–Crippen MR) is 102 cm³/mol. The molecule has 0 saturated carbocycles. The lowest BCUT2D eigenvalue weighted by Gasteiger charge is -2.09. The van der Waals surface area contributed by atoms with Crippen molar-refractivity contribution in [2.24, 2.45) is 5.73 Å². The molecule has 7 nitrogen and oxygen atoms in total. The molecule has 2 heterocycles. The van der Waals surface area contributed by atoms with Crippen LogP contribution >= 0.6 is 23.1 Å². The van der Waals surface area contributed by atoms with Gasteiger partial charge in [-0.3, -0.25) is 9.59 Å². The first-order valence-electron chi connectivity index (χ1n) is 7.60. The lowest BCUT2D eigenvalue weighted by Crippen LogP contribution is -2.14. The van der Waals surface area contributed by atoms with Crippen LogP contribution in [-0.4, -0.2) is 21.2 Å². The van der Waals surface area contributed by atoms with Gasteiger partial charge in [0, 0.05) is 11.9 Å². The van der Waals surface area contributed by atoms with Crippen LogP contribution in [0.2, 0.25) is 5.02 Å². The molecule has 27 heavy (non-hydrogen) atoms. The number of carbonyl (C=O) groups is 2. The number of halogens is 2. The molecular weight excluding hydrogens is 393 g/mol. The van der Waals surface area contributed by atoms with Crippen LogP contribution < -0.4 is 16.4 Å². The third-order valence-corrected chi connectivity index (χ3v) is 4.72. The first kappa shape index (κ1) is 18.7. The minimum Gasteiger partial charge on any atom is -0.366 e. The van der Waals surface area contributed by atoms with E-state index in [1.54, 1.807) is 13.0 Å². The molecule has 0 bridgehead atoms. The topological polar surface area (TPSA) is 110 Å². The number of aromatic nitrogens is 2. The van der Waals surface area contributed by atoms with Gasteiger partial charge >= 0.3 is 0 Å². The Labute approximate surface area is 162 Å². The number of nitrogens with two attached hydrogens (primary N) is 1. The third kappa shape index (κ3) is 4.21. The van der Waals surface area contributed by atoms with Crippen molar-refractivity contribution in [3.05, 3.63) is 64.2 Å². The fraction of sp³-hybridized carbons (Fsp3) is 0.0588. The minimum absolute atomic E-state index is 0.0331. The van der Waals surface area contributed by atoms with Crippen LogP contribution in [0.3, 0.4) is 0 Å². The van der Waals surface area contributed by atoms with Gasteiger partial charge in [-0.1, -0.05) is 11.6 Å². The molecule has 0 saturated heterocycles. The predicted octanol–water partition coefficient (Wildman–Crippen LogP) is 3.73. The summed E-state index contributed by atoms with van der Waals surface area (Å²) in [6.07, 6.45) is 1.33. The molecule has 0 aliphatic rings. The van der Waals surface area contributed by atoms with Crippen molar-refractivity contribution in [1.29, 1.82) is 0 Å². The molecule has 3 rings (SSSR count). The van der Waals surface area contributed by atoms with Gasteiger partial charge in [0.15, 0.2) is 0 Å². The summed E-state index contributed by atoms with van der Waals surface area (Å²) in [7, 11) is 0. The van der Waals surface area contributed by atoms with Crippen molar-refractivity contribution in [3.63, 3.8) is 0 Å². The monoisotopic (exact) mass is 405 g/mol. The Hall–Kier alpha value is -3.04. The molecule has 10 heteroatoms. The van der Waals surface area contributed by atoms with E-state index in [4.69, 9.17) is 17.3 Å². The number of pyridine rings is 1. The summed E-state index contributed by atoms with van der Waals surface area (Å²) in [5.41, 5.74) is 6.52. The molecule has 0 aliphatic heterocycles. The average molecular weight is 406 g/mol. The first-order valence-corrected chi connectivity index (χ1v) is 8.76. The second-order valence-electron chi connectivity index (χ2n) is 5.48. The number of hydrogen-bond acceptors (Lipinski definition) is 6. The average Bonchev–Trinajstić information content (AvgIpc) is 2.99. The van der Waals surface area contributed by atoms with Crippen molar-refractivity contribution < 1.29 is 14.0 Å². The highest BCUT2D eigenvalue weighted by Crippen LogP contribution is 2.28. The maximum absolute atomic E-state index is 13.6. The SMILES string of the molecule is Cc1nsc(Nc2ccc(C(N)=O)cn2)c1C(=O)Nc1ccc(Cl)c(F)c1. The van der Waals surface area contributed by atoms with Crippen molar-refractivity contribution >= 4 is 51.5 Å². The lowest BCUT2D eigenvalue weighted by molar-refractivity contribution is 0.0997. The summed E-state index contributed by atoms with van der Waals surface area (Å²) in [5, 5.41) is 6.02. The van der Waals surface area contributed by atoms with E-state index in [0.717, 1.165) is 17.6 Å². The lowest BCUT2D eigenvalue weighted by atomic mass is 10.2. The number of aryl methyl sites for hydroxylation is 1. The zero-order valence-corrected chi connectivity index (χ0v) is 15.5. The maximum Gasteiger partial charge on any atom is 0.260 e. The number of nitrogens with zero attached hydrogens (tertiary/aromatic N) is 2. The van der Waals surface area contributed by atoms with Gasteiger partial charge in [0.05, 0.1) is 21.8 Å². The Morgan fingerprint density at radius 3 is 2.67 bits per heavy atom. The summed E-state index contributed by atoms with van der Waals surface area (Å²) < 4.78 is 17.7. The fourth-order valence-corrected chi connectivity index (χ4v) is 3.14. The number of hydrogen-bond donors (Lipinski definition) is 3. The van der Waals surface area contributed by atoms with Crippen LogP contribution in [0.15, 0.2) is 36.5 Å². The molecule has 3 aromatic rings. The number of anilines is 3. The summed E-state index contributed by atoms with van der Waals surface area (Å²) in [5.74, 6) is -1.26. The molecule has 0 atom stereocenters. The zero-order chi connectivity index (χ0) is 19.6. The van der Waals surface area contributed by atoms with E-state index in [-0.39, 0.29) is 16.3 Å². The van der Waals surface area contributed by atoms with Gasteiger partial charge in [0.25, 0.3) is 5.91 Å². The van der Waals surface area contributed by atoms with E-state index >= 15 is 0 Å².